The minimum atomic E-state index is -3.16. The van der Waals surface area contributed by atoms with Crippen LogP contribution in [-0.4, -0.2) is 77.4 Å². The van der Waals surface area contributed by atoms with E-state index >= 15 is 0 Å². The second-order valence-corrected chi connectivity index (χ2v) is 8.27. The van der Waals surface area contributed by atoms with Crippen molar-refractivity contribution in [3.8, 4) is 5.75 Å². The van der Waals surface area contributed by atoms with Gasteiger partial charge in [-0.3, -0.25) is 9.69 Å². The van der Waals surface area contributed by atoms with E-state index in [4.69, 9.17) is 0 Å². The molecule has 3 heterocycles. The van der Waals surface area contributed by atoms with Crippen LogP contribution in [-0.2, 0) is 9.84 Å². The number of piperazine rings is 1. The molecule has 2 aliphatic heterocycles. The fraction of sp³-hybridized carbons (Fsp3) is 0.600. The van der Waals surface area contributed by atoms with Crippen molar-refractivity contribution in [1.29, 1.82) is 0 Å². The van der Waals surface area contributed by atoms with Crippen molar-refractivity contribution in [2.75, 3.05) is 31.1 Å². The zero-order valence-corrected chi connectivity index (χ0v) is 13.9. The first kappa shape index (κ1) is 16.2. The zero-order valence-electron chi connectivity index (χ0n) is 13.1. The van der Waals surface area contributed by atoms with Gasteiger partial charge in [-0.05, 0) is 25.1 Å². The summed E-state index contributed by atoms with van der Waals surface area (Å²) in [5.74, 6) is -0.496. The van der Waals surface area contributed by atoms with Gasteiger partial charge < -0.3 is 10.0 Å². The summed E-state index contributed by atoms with van der Waals surface area (Å²) in [4.78, 5) is 20.4. The molecule has 0 spiro atoms. The minimum absolute atomic E-state index is 0.0144. The molecule has 7 nitrogen and oxygen atoms in total. The highest BCUT2D eigenvalue weighted by molar-refractivity contribution is 7.91. The second kappa shape index (κ2) is 6.09. The van der Waals surface area contributed by atoms with E-state index in [-0.39, 0.29) is 35.0 Å². The Morgan fingerprint density at radius 3 is 2.78 bits per heavy atom. The molecule has 1 amide bonds. The lowest BCUT2D eigenvalue weighted by Gasteiger charge is -2.43. The molecule has 1 aromatic rings. The van der Waals surface area contributed by atoms with Crippen molar-refractivity contribution in [2.45, 2.75) is 25.4 Å². The molecular formula is C15H21N3O4S. The fourth-order valence-electron chi connectivity index (χ4n) is 3.54. The molecule has 0 aromatic carbocycles. The summed E-state index contributed by atoms with van der Waals surface area (Å²) in [6.07, 6.45) is 2.39. The van der Waals surface area contributed by atoms with Gasteiger partial charge in [0.05, 0.1) is 17.5 Å². The van der Waals surface area contributed by atoms with Crippen LogP contribution in [0.25, 0.3) is 0 Å². The number of amides is 1. The quantitative estimate of drug-likeness (QED) is 0.841. The predicted molar refractivity (Wildman–Crippen MR) is 85.0 cm³/mol. The van der Waals surface area contributed by atoms with Crippen LogP contribution in [0.3, 0.4) is 0 Å². The van der Waals surface area contributed by atoms with E-state index in [2.05, 4.69) is 16.8 Å². The highest BCUT2D eigenvalue weighted by Gasteiger charge is 2.48. The lowest BCUT2D eigenvalue weighted by molar-refractivity contribution is 0.0326. The van der Waals surface area contributed by atoms with Gasteiger partial charge >= 0.3 is 0 Å². The van der Waals surface area contributed by atoms with Gasteiger partial charge in [-0.1, -0.05) is 6.92 Å². The Morgan fingerprint density at radius 2 is 2.09 bits per heavy atom. The molecule has 2 saturated heterocycles. The summed E-state index contributed by atoms with van der Waals surface area (Å²) < 4.78 is 24.2. The number of fused-ring (bicyclic) bond motifs is 1. The summed E-state index contributed by atoms with van der Waals surface area (Å²) in [7, 11) is -3.16. The number of hydrogen-bond acceptors (Lipinski definition) is 6. The standard InChI is InChI=1S/C15H21N3O4S/c1-2-6-17-7-8-18(12-10-23(21,22)9-11(12)17)15(20)14-13(19)4-3-5-16-14/h3-5,11-12,19H,2,6-10H2,1H3/t11-,12+/m1/s1. The van der Waals surface area contributed by atoms with Gasteiger partial charge in [-0.15, -0.1) is 0 Å². The van der Waals surface area contributed by atoms with Gasteiger partial charge in [0.1, 0.15) is 5.75 Å². The van der Waals surface area contributed by atoms with Gasteiger partial charge in [-0.2, -0.15) is 0 Å². The van der Waals surface area contributed by atoms with E-state index in [1.165, 1.54) is 12.3 Å². The Balaban J connectivity index is 1.89. The Morgan fingerprint density at radius 1 is 1.35 bits per heavy atom. The van der Waals surface area contributed by atoms with Crippen molar-refractivity contribution < 1.29 is 18.3 Å². The number of sulfone groups is 1. The maximum Gasteiger partial charge on any atom is 0.276 e. The average Bonchev–Trinajstić information content (AvgIpc) is 2.83. The van der Waals surface area contributed by atoms with Crippen LogP contribution < -0.4 is 0 Å². The van der Waals surface area contributed by atoms with Crippen LogP contribution in [0.2, 0.25) is 0 Å². The molecule has 1 aromatic heterocycles. The van der Waals surface area contributed by atoms with Crippen LogP contribution in [0.1, 0.15) is 23.8 Å². The Bertz CT molecular complexity index is 706. The van der Waals surface area contributed by atoms with Gasteiger partial charge in [0.25, 0.3) is 5.91 Å². The third kappa shape index (κ3) is 3.05. The number of carbonyl (C=O) groups is 1. The van der Waals surface area contributed by atoms with E-state index in [0.29, 0.717) is 13.1 Å². The molecule has 0 aliphatic carbocycles. The van der Waals surface area contributed by atoms with Crippen molar-refractivity contribution in [1.82, 2.24) is 14.8 Å². The summed E-state index contributed by atoms with van der Waals surface area (Å²) >= 11 is 0. The van der Waals surface area contributed by atoms with Gasteiger partial charge in [-0.25, -0.2) is 13.4 Å². The molecule has 2 atom stereocenters. The van der Waals surface area contributed by atoms with Crippen LogP contribution in [0, 0.1) is 0 Å². The number of pyridine rings is 1. The topological polar surface area (TPSA) is 90.8 Å². The van der Waals surface area contributed by atoms with Gasteiger partial charge in [0, 0.05) is 25.3 Å². The molecule has 2 aliphatic rings. The van der Waals surface area contributed by atoms with Crippen LogP contribution in [0.15, 0.2) is 18.3 Å². The molecule has 0 unspecified atom stereocenters. The van der Waals surface area contributed by atoms with Gasteiger partial charge in [0.15, 0.2) is 15.5 Å². The molecule has 23 heavy (non-hydrogen) atoms. The number of carbonyl (C=O) groups excluding carboxylic acids is 1. The zero-order chi connectivity index (χ0) is 16.6. The van der Waals surface area contributed by atoms with E-state index in [1.54, 1.807) is 11.0 Å². The second-order valence-electron chi connectivity index (χ2n) is 6.12. The number of aromatic nitrogens is 1. The normalized spacial score (nSPS) is 26.9. The largest absolute Gasteiger partial charge is 0.505 e. The first-order chi connectivity index (χ1) is 10.9. The molecule has 126 valence electrons. The SMILES string of the molecule is CCCN1CCN(C(=O)c2ncccc2O)[C@H]2CS(=O)(=O)C[C@H]21. The first-order valence-electron chi connectivity index (χ1n) is 7.82. The third-order valence-electron chi connectivity index (χ3n) is 4.55. The molecule has 1 N–H and O–H groups in total. The summed E-state index contributed by atoms with van der Waals surface area (Å²) in [5.41, 5.74) is -0.0144. The molecule has 2 fully saturated rings. The van der Waals surface area contributed by atoms with Crippen molar-refractivity contribution >= 4 is 15.7 Å². The molecule has 0 bridgehead atoms. The number of aromatic hydroxyl groups is 1. The van der Waals surface area contributed by atoms with Crippen LogP contribution in [0.4, 0.5) is 0 Å². The first-order valence-corrected chi connectivity index (χ1v) is 9.64. The van der Waals surface area contributed by atoms with Crippen molar-refractivity contribution in [3.63, 3.8) is 0 Å². The Hall–Kier alpha value is -1.67. The highest BCUT2D eigenvalue weighted by atomic mass is 32.2. The smallest absolute Gasteiger partial charge is 0.276 e. The lowest BCUT2D eigenvalue weighted by Crippen LogP contribution is -2.60. The molecule has 0 saturated carbocycles. The lowest BCUT2D eigenvalue weighted by atomic mass is 10.0. The predicted octanol–water partition coefficient (Wildman–Crippen LogP) is 0.121. The van der Waals surface area contributed by atoms with Gasteiger partial charge in [0.2, 0.25) is 0 Å². The van der Waals surface area contributed by atoms with Crippen molar-refractivity contribution in [3.05, 3.63) is 24.0 Å². The Kier molecular flexibility index (Phi) is 4.29. The van der Waals surface area contributed by atoms with Crippen LogP contribution >= 0.6 is 0 Å². The molecule has 0 radical (unpaired) electrons. The molecule has 3 rings (SSSR count). The number of rotatable bonds is 3. The molecular weight excluding hydrogens is 318 g/mol. The summed E-state index contributed by atoms with van der Waals surface area (Å²) in [6.45, 7) is 3.98. The third-order valence-corrected chi connectivity index (χ3v) is 6.25. The fourth-order valence-corrected chi connectivity index (χ4v) is 5.55. The summed E-state index contributed by atoms with van der Waals surface area (Å²) in [6, 6.07) is 2.43. The minimum Gasteiger partial charge on any atom is -0.505 e. The van der Waals surface area contributed by atoms with Crippen LogP contribution in [0.5, 0.6) is 5.75 Å². The van der Waals surface area contributed by atoms with E-state index in [9.17, 15) is 18.3 Å². The highest BCUT2D eigenvalue weighted by Crippen LogP contribution is 2.29. The van der Waals surface area contributed by atoms with E-state index in [1.807, 2.05) is 0 Å². The monoisotopic (exact) mass is 339 g/mol. The molecule has 8 heteroatoms. The Labute approximate surface area is 135 Å². The average molecular weight is 339 g/mol. The number of hydrogen-bond donors (Lipinski definition) is 1. The maximum atomic E-state index is 12.7. The van der Waals surface area contributed by atoms with Crippen molar-refractivity contribution in [2.24, 2.45) is 0 Å². The number of nitrogens with zero attached hydrogens (tertiary/aromatic N) is 3. The maximum absolute atomic E-state index is 12.7. The van der Waals surface area contributed by atoms with E-state index < -0.39 is 15.7 Å². The van der Waals surface area contributed by atoms with E-state index in [0.717, 1.165) is 13.0 Å². The summed E-state index contributed by atoms with van der Waals surface area (Å²) in [5, 5.41) is 9.85.